The highest BCUT2D eigenvalue weighted by atomic mass is 16.5. The summed E-state index contributed by atoms with van der Waals surface area (Å²) in [4.78, 5) is 39.0. The number of carbonyl (C=O) groups excluding carboxylic acids is 3. The number of hydrogen-bond donors (Lipinski definition) is 2. The highest BCUT2D eigenvalue weighted by Gasteiger charge is 2.36. The molecule has 0 aliphatic carbocycles. The van der Waals surface area contributed by atoms with E-state index in [1.54, 1.807) is 19.1 Å². The lowest BCUT2D eigenvalue weighted by Gasteiger charge is -2.27. The van der Waals surface area contributed by atoms with Crippen molar-refractivity contribution in [2.45, 2.75) is 38.5 Å². The van der Waals surface area contributed by atoms with Gasteiger partial charge < -0.3 is 20.3 Å². The van der Waals surface area contributed by atoms with E-state index in [0.29, 0.717) is 18.7 Å². The number of nitrogens with one attached hydrogen (secondary N) is 2. The third-order valence-electron chi connectivity index (χ3n) is 4.80. The van der Waals surface area contributed by atoms with E-state index >= 15 is 0 Å². The molecule has 0 radical (unpaired) electrons. The first-order valence-electron chi connectivity index (χ1n) is 9.68. The number of rotatable bonds is 6. The fourth-order valence-corrected chi connectivity index (χ4v) is 3.30. The molecule has 2 aromatic carbocycles. The number of hydrogen-bond acceptors (Lipinski definition) is 4. The van der Waals surface area contributed by atoms with Crippen LogP contribution in [0.1, 0.15) is 25.3 Å². The Kier molecular flexibility index (Phi) is 6.84. The minimum Gasteiger partial charge on any atom is -0.445 e. The van der Waals surface area contributed by atoms with E-state index in [-0.39, 0.29) is 18.4 Å². The van der Waals surface area contributed by atoms with Gasteiger partial charge in [-0.3, -0.25) is 9.59 Å². The number of alkyl carbamates (subject to hydrolysis) is 1. The average molecular weight is 395 g/mol. The fourth-order valence-electron chi connectivity index (χ4n) is 3.30. The number of nitrogens with zero attached hydrogens (tertiary/aromatic N) is 1. The Hall–Kier alpha value is -3.35. The first-order valence-corrected chi connectivity index (χ1v) is 9.68. The van der Waals surface area contributed by atoms with Crippen molar-refractivity contribution in [2.24, 2.45) is 0 Å². The molecule has 1 saturated heterocycles. The molecule has 0 spiro atoms. The van der Waals surface area contributed by atoms with Crippen molar-refractivity contribution >= 4 is 23.6 Å². The highest BCUT2D eigenvalue weighted by Crippen LogP contribution is 2.20. The first-order chi connectivity index (χ1) is 14.0. The summed E-state index contributed by atoms with van der Waals surface area (Å²) < 4.78 is 5.16. The smallest absolute Gasteiger partial charge is 0.408 e. The van der Waals surface area contributed by atoms with Gasteiger partial charge in [0.2, 0.25) is 11.8 Å². The lowest BCUT2D eigenvalue weighted by molar-refractivity contribution is -0.138. The van der Waals surface area contributed by atoms with Crippen LogP contribution in [0.4, 0.5) is 10.5 Å². The number of benzene rings is 2. The number of likely N-dealkylation sites (tertiary alicyclic amines) is 1. The van der Waals surface area contributed by atoms with Gasteiger partial charge in [0, 0.05) is 12.2 Å². The lowest BCUT2D eigenvalue weighted by atomic mass is 10.2. The first kappa shape index (κ1) is 20.4. The maximum absolute atomic E-state index is 12.8. The summed E-state index contributed by atoms with van der Waals surface area (Å²) in [5, 5.41) is 5.39. The van der Waals surface area contributed by atoms with Gasteiger partial charge in [-0.05, 0) is 37.5 Å². The van der Waals surface area contributed by atoms with E-state index in [1.165, 1.54) is 4.90 Å². The van der Waals surface area contributed by atoms with Crippen LogP contribution in [-0.2, 0) is 20.9 Å². The largest absolute Gasteiger partial charge is 0.445 e. The number of ether oxygens (including phenoxy) is 1. The second-order valence-corrected chi connectivity index (χ2v) is 6.97. The van der Waals surface area contributed by atoms with E-state index in [4.69, 9.17) is 4.74 Å². The van der Waals surface area contributed by atoms with Crippen molar-refractivity contribution in [2.75, 3.05) is 11.9 Å². The van der Waals surface area contributed by atoms with Gasteiger partial charge in [0.1, 0.15) is 18.7 Å². The third kappa shape index (κ3) is 5.57. The summed E-state index contributed by atoms with van der Waals surface area (Å²) in [5.74, 6) is -0.520. The molecule has 0 aromatic heterocycles. The maximum atomic E-state index is 12.8. The van der Waals surface area contributed by atoms with Crippen LogP contribution in [0, 0.1) is 0 Å². The van der Waals surface area contributed by atoms with Crippen molar-refractivity contribution in [1.29, 1.82) is 0 Å². The second-order valence-electron chi connectivity index (χ2n) is 6.97. The molecule has 7 nitrogen and oxygen atoms in total. The van der Waals surface area contributed by atoms with Gasteiger partial charge in [-0.15, -0.1) is 0 Å². The van der Waals surface area contributed by atoms with Gasteiger partial charge >= 0.3 is 6.09 Å². The Morgan fingerprint density at radius 1 is 1.07 bits per heavy atom. The van der Waals surface area contributed by atoms with E-state index < -0.39 is 18.2 Å². The van der Waals surface area contributed by atoms with Crippen LogP contribution in [0.25, 0.3) is 0 Å². The van der Waals surface area contributed by atoms with Gasteiger partial charge in [-0.2, -0.15) is 0 Å². The van der Waals surface area contributed by atoms with E-state index in [2.05, 4.69) is 10.6 Å². The van der Waals surface area contributed by atoms with Gasteiger partial charge in [0.15, 0.2) is 0 Å². The van der Waals surface area contributed by atoms with Crippen molar-refractivity contribution < 1.29 is 19.1 Å². The van der Waals surface area contributed by atoms with E-state index in [0.717, 1.165) is 12.0 Å². The molecule has 152 valence electrons. The molecule has 2 aromatic rings. The van der Waals surface area contributed by atoms with Crippen molar-refractivity contribution in [3.63, 3.8) is 0 Å². The molecule has 1 fully saturated rings. The predicted octanol–water partition coefficient (Wildman–Crippen LogP) is 2.93. The van der Waals surface area contributed by atoms with E-state index in [9.17, 15) is 14.4 Å². The van der Waals surface area contributed by atoms with Gasteiger partial charge in [0.25, 0.3) is 0 Å². The number of anilines is 1. The van der Waals surface area contributed by atoms with Crippen LogP contribution in [0.3, 0.4) is 0 Å². The van der Waals surface area contributed by atoms with Gasteiger partial charge in [-0.25, -0.2) is 4.79 Å². The normalized spacial score (nSPS) is 16.7. The standard InChI is InChI=1S/C22H25N3O4/c1-16(23-22(28)29-15-17-9-4-2-5-10-17)21(27)25-14-8-13-19(25)20(26)24-18-11-6-3-7-12-18/h2-7,9-12,16,19H,8,13-15H2,1H3,(H,23,28)(H,24,26)/t16-,19-/m0/s1. The minimum atomic E-state index is -0.789. The maximum Gasteiger partial charge on any atom is 0.408 e. The summed E-state index contributed by atoms with van der Waals surface area (Å²) in [6.07, 6.45) is 0.665. The molecule has 2 atom stereocenters. The molecule has 3 amide bonds. The van der Waals surface area contributed by atoms with Crippen molar-refractivity contribution in [3.8, 4) is 0 Å². The Morgan fingerprint density at radius 3 is 2.41 bits per heavy atom. The molecule has 0 bridgehead atoms. The number of carbonyl (C=O) groups is 3. The van der Waals surface area contributed by atoms with Crippen LogP contribution >= 0.6 is 0 Å². The third-order valence-corrected chi connectivity index (χ3v) is 4.80. The van der Waals surface area contributed by atoms with Crippen LogP contribution in [-0.4, -0.2) is 41.4 Å². The highest BCUT2D eigenvalue weighted by molar-refractivity contribution is 5.98. The molecule has 29 heavy (non-hydrogen) atoms. The Bertz CT molecular complexity index is 842. The molecular formula is C22H25N3O4. The molecular weight excluding hydrogens is 370 g/mol. The summed E-state index contributed by atoms with van der Waals surface area (Å²) in [5.41, 5.74) is 1.55. The van der Waals surface area contributed by atoms with Crippen LogP contribution in [0.2, 0.25) is 0 Å². The zero-order valence-electron chi connectivity index (χ0n) is 16.3. The summed E-state index contributed by atoms with van der Waals surface area (Å²) in [7, 11) is 0. The molecule has 0 saturated carbocycles. The summed E-state index contributed by atoms with van der Waals surface area (Å²) >= 11 is 0. The Labute approximate surface area is 170 Å². The topological polar surface area (TPSA) is 87.7 Å². The summed E-state index contributed by atoms with van der Waals surface area (Å²) in [6, 6.07) is 17.1. The quantitative estimate of drug-likeness (QED) is 0.787. The molecule has 7 heteroatoms. The minimum absolute atomic E-state index is 0.124. The van der Waals surface area contributed by atoms with Gasteiger partial charge in [0.05, 0.1) is 0 Å². The average Bonchev–Trinajstić information content (AvgIpc) is 3.23. The summed E-state index contributed by atoms with van der Waals surface area (Å²) in [6.45, 7) is 2.20. The molecule has 3 rings (SSSR count). The van der Waals surface area contributed by atoms with Crippen LogP contribution in [0.15, 0.2) is 60.7 Å². The fraction of sp³-hybridized carbons (Fsp3) is 0.318. The van der Waals surface area contributed by atoms with Crippen LogP contribution < -0.4 is 10.6 Å². The number of amides is 3. The lowest BCUT2D eigenvalue weighted by Crippen LogP contribution is -2.51. The SMILES string of the molecule is C[C@H](NC(=O)OCc1ccccc1)C(=O)N1CCC[C@H]1C(=O)Nc1ccccc1. The molecule has 1 aliphatic rings. The Balaban J connectivity index is 1.52. The Morgan fingerprint density at radius 2 is 1.72 bits per heavy atom. The van der Waals surface area contributed by atoms with Crippen LogP contribution in [0.5, 0.6) is 0 Å². The van der Waals surface area contributed by atoms with Gasteiger partial charge in [-0.1, -0.05) is 48.5 Å². The van der Waals surface area contributed by atoms with Crippen molar-refractivity contribution in [1.82, 2.24) is 10.2 Å². The monoisotopic (exact) mass is 395 g/mol. The molecule has 2 N–H and O–H groups in total. The van der Waals surface area contributed by atoms with Crippen molar-refractivity contribution in [3.05, 3.63) is 66.2 Å². The van der Waals surface area contributed by atoms with E-state index in [1.807, 2.05) is 48.5 Å². The molecule has 1 heterocycles. The zero-order chi connectivity index (χ0) is 20.6. The number of para-hydroxylation sites is 1. The molecule has 0 unspecified atom stereocenters. The second kappa shape index (κ2) is 9.73. The zero-order valence-corrected chi connectivity index (χ0v) is 16.3. The molecule has 1 aliphatic heterocycles. The predicted molar refractivity (Wildman–Crippen MR) is 109 cm³/mol.